The van der Waals surface area contributed by atoms with Crippen LogP contribution in [-0.2, 0) is 10.0 Å². The van der Waals surface area contributed by atoms with Gasteiger partial charge in [0, 0.05) is 11.6 Å². The summed E-state index contributed by atoms with van der Waals surface area (Å²) >= 11 is 0. The summed E-state index contributed by atoms with van der Waals surface area (Å²) in [5.74, 6) is 0. The van der Waals surface area contributed by atoms with Gasteiger partial charge in [0.1, 0.15) is 5.69 Å². The van der Waals surface area contributed by atoms with E-state index in [2.05, 4.69) is 15.0 Å². The largest absolute Gasteiger partial charge is 0.247 e. The van der Waals surface area contributed by atoms with E-state index in [1.807, 2.05) is 47.3 Å². The molecule has 2 aromatic carbocycles. The van der Waals surface area contributed by atoms with Crippen LogP contribution in [0, 0.1) is 0 Å². The summed E-state index contributed by atoms with van der Waals surface area (Å²) in [6.07, 6.45) is 5.62. The highest BCUT2D eigenvalue weighted by Crippen LogP contribution is 2.30. The quantitative estimate of drug-likeness (QED) is 0.734. The van der Waals surface area contributed by atoms with Crippen molar-refractivity contribution in [2.45, 2.75) is 42.7 Å². The Morgan fingerprint density at radius 2 is 1.59 bits per heavy atom. The fourth-order valence-electron chi connectivity index (χ4n) is 3.61. The highest BCUT2D eigenvalue weighted by atomic mass is 32.2. The number of nitrogens with zero attached hydrogens (tertiary/aromatic N) is 3. The van der Waals surface area contributed by atoms with Crippen molar-refractivity contribution in [3.63, 3.8) is 0 Å². The van der Waals surface area contributed by atoms with Gasteiger partial charge in [-0.15, -0.1) is 5.10 Å². The topological polar surface area (TPSA) is 76.9 Å². The number of nitrogens with one attached hydrogen (secondary N) is 1. The molecule has 0 saturated heterocycles. The highest BCUT2D eigenvalue weighted by molar-refractivity contribution is 7.89. The van der Waals surface area contributed by atoms with E-state index in [-0.39, 0.29) is 17.0 Å². The maximum atomic E-state index is 12.7. The maximum absolute atomic E-state index is 12.7. The highest BCUT2D eigenvalue weighted by Gasteiger charge is 2.31. The van der Waals surface area contributed by atoms with Gasteiger partial charge >= 0.3 is 0 Å². The average molecular weight is 382 g/mol. The Morgan fingerprint density at radius 1 is 0.926 bits per heavy atom. The molecule has 4 rings (SSSR count). The Morgan fingerprint density at radius 3 is 2.33 bits per heavy atom. The van der Waals surface area contributed by atoms with Crippen molar-refractivity contribution in [3.8, 4) is 11.3 Å². The van der Waals surface area contributed by atoms with E-state index in [9.17, 15) is 8.42 Å². The summed E-state index contributed by atoms with van der Waals surface area (Å²) in [5, 5.41) is 8.59. The monoisotopic (exact) mass is 382 g/mol. The fourth-order valence-corrected chi connectivity index (χ4v) is 4.94. The molecule has 0 bridgehead atoms. The normalized spacial score (nSPS) is 20.4. The molecule has 0 unspecified atom stereocenters. The third-order valence-electron chi connectivity index (χ3n) is 5.01. The second-order valence-electron chi connectivity index (χ2n) is 6.84. The molecule has 27 heavy (non-hydrogen) atoms. The van der Waals surface area contributed by atoms with E-state index < -0.39 is 10.0 Å². The van der Waals surface area contributed by atoms with Crippen molar-refractivity contribution in [2.75, 3.05) is 0 Å². The van der Waals surface area contributed by atoms with Crippen LogP contribution >= 0.6 is 0 Å². The van der Waals surface area contributed by atoms with E-state index in [0.717, 1.165) is 36.9 Å². The number of hydrogen-bond acceptors (Lipinski definition) is 4. The lowest BCUT2D eigenvalue weighted by Gasteiger charge is -2.31. The molecule has 1 saturated carbocycles. The van der Waals surface area contributed by atoms with Crippen LogP contribution in [0.25, 0.3) is 11.3 Å². The lowest BCUT2D eigenvalue weighted by molar-refractivity contribution is 0.267. The molecule has 1 heterocycles. The molecular weight excluding hydrogens is 360 g/mol. The van der Waals surface area contributed by atoms with Gasteiger partial charge in [-0.3, -0.25) is 0 Å². The zero-order valence-corrected chi connectivity index (χ0v) is 15.7. The van der Waals surface area contributed by atoms with E-state index in [0.29, 0.717) is 0 Å². The first kappa shape index (κ1) is 17.9. The first-order valence-corrected chi connectivity index (χ1v) is 10.7. The predicted molar refractivity (Wildman–Crippen MR) is 104 cm³/mol. The van der Waals surface area contributed by atoms with Crippen LogP contribution in [0.3, 0.4) is 0 Å². The van der Waals surface area contributed by atoms with Crippen molar-refractivity contribution in [2.24, 2.45) is 0 Å². The summed E-state index contributed by atoms with van der Waals surface area (Å²) in [4.78, 5) is 0.290. The number of sulfonamides is 1. The number of hydrogen-bond donors (Lipinski definition) is 1. The Hall–Kier alpha value is -2.51. The van der Waals surface area contributed by atoms with E-state index in [1.165, 1.54) is 0 Å². The molecule has 1 fully saturated rings. The Balaban J connectivity index is 1.57. The Bertz CT molecular complexity index is 987. The van der Waals surface area contributed by atoms with Gasteiger partial charge in [-0.2, -0.15) is 0 Å². The van der Waals surface area contributed by atoms with Gasteiger partial charge in [0.25, 0.3) is 0 Å². The van der Waals surface area contributed by atoms with E-state index in [4.69, 9.17) is 0 Å². The molecule has 140 valence electrons. The first-order valence-electron chi connectivity index (χ1n) is 9.18. The minimum atomic E-state index is -3.56. The molecule has 1 aliphatic rings. The van der Waals surface area contributed by atoms with Crippen LogP contribution < -0.4 is 4.72 Å². The molecule has 0 amide bonds. The van der Waals surface area contributed by atoms with Crippen molar-refractivity contribution in [3.05, 3.63) is 66.9 Å². The Labute approximate surface area is 159 Å². The average Bonchev–Trinajstić information content (AvgIpc) is 3.20. The molecule has 1 N–H and O–H groups in total. The van der Waals surface area contributed by atoms with Gasteiger partial charge in [0.05, 0.1) is 17.1 Å². The van der Waals surface area contributed by atoms with Gasteiger partial charge in [0.2, 0.25) is 10.0 Å². The van der Waals surface area contributed by atoms with Crippen molar-refractivity contribution >= 4 is 10.0 Å². The zero-order valence-electron chi connectivity index (χ0n) is 14.9. The first-order chi connectivity index (χ1) is 13.1. The number of rotatable bonds is 5. The minimum absolute atomic E-state index is 0.0396. The van der Waals surface area contributed by atoms with Crippen LogP contribution in [0.4, 0.5) is 0 Å². The molecule has 2 atom stereocenters. The number of benzene rings is 2. The van der Waals surface area contributed by atoms with Crippen molar-refractivity contribution in [1.29, 1.82) is 0 Å². The van der Waals surface area contributed by atoms with E-state index in [1.54, 1.807) is 24.3 Å². The third kappa shape index (κ3) is 3.94. The standard InChI is InChI=1S/C20H22N4O2S/c25-27(26,17-11-5-2-6-12-17)22-18-13-7-8-14-20(18)24-15-19(21-23-24)16-9-3-1-4-10-16/h1-6,9-12,15,18,20,22H,7-8,13-14H2/t18-,20+/m1/s1. The molecule has 0 aliphatic heterocycles. The molecule has 3 aromatic rings. The zero-order chi connectivity index (χ0) is 18.7. The van der Waals surface area contributed by atoms with Crippen molar-refractivity contribution in [1.82, 2.24) is 19.7 Å². The second kappa shape index (κ2) is 7.62. The molecular formula is C20H22N4O2S. The lowest BCUT2D eigenvalue weighted by Crippen LogP contribution is -2.43. The van der Waals surface area contributed by atoms with Crippen LogP contribution in [0.2, 0.25) is 0 Å². The summed E-state index contributed by atoms with van der Waals surface area (Å²) in [7, 11) is -3.56. The van der Waals surface area contributed by atoms with Crippen LogP contribution in [-0.4, -0.2) is 29.5 Å². The van der Waals surface area contributed by atoms with Gasteiger partial charge < -0.3 is 0 Å². The third-order valence-corrected chi connectivity index (χ3v) is 6.51. The molecule has 0 spiro atoms. The van der Waals surface area contributed by atoms with E-state index >= 15 is 0 Å². The van der Waals surface area contributed by atoms with Crippen LogP contribution in [0.5, 0.6) is 0 Å². The fraction of sp³-hybridized carbons (Fsp3) is 0.300. The molecule has 6 nitrogen and oxygen atoms in total. The molecule has 7 heteroatoms. The summed E-state index contributed by atoms with van der Waals surface area (Å²) in [6.45, 7) is 0. The van der Waals surface area contributed by atoms with Gasteiger partial charge in [-0.1, -0.05) is 66.6 Å². The molecule has 0 radical (unpaired) electrons. The van der Waals surface area contributed by atoms with Gasteiger partial charge in [-0.05, 0) is 25.0 Å². The van der Waals surface area contributed by atoms with Gasteiger partial charge in [-0.25, -0.2) is 17.8 Å². The summed E-state index contributed by atoms with van der Waals surface area (Å²) in [6, 6.07) is 18.1. The number of aromatic nitrogens is 3. The van der Waals surface area contributed by atoms with Crippen LogP contribution in [0.1, 0.15) is 31.7 Å². The Kier molecular flexibility index (Phi) is 5.05. The predicted octanol–water partition coefficient (Wildman–Crippen LogP) is 3.41. The van der Waals surface area contributed by atoms with Crippen molar-refractivity contribution < 1.29 is 8.42 Å². The van der Waals surface area contributed by atoms with Gasteiger partial charge in [0.15, 0.2) is 0 Å². The second-order valence-corrected chi connectivity index (χ2v) is 8.56. The smallest absolute Gasteiger partial charge is 0.240 e. The molecule has 1 aromatic heterocycles. The van der Waals surface area contributed by atoms with Crippen LogP contribution in [0.15, 0.2) is 71.8 Å². The summed E-state index contributed by atoms with van der Waals surface area (Å²) in [5.41, 5.74) is 1.80. The summed E-state index contributed by atoms with van der Waals surface area (Å²) < 4.78 is 30.2. The SMILES string of the molecule is O=S(=O)(N[C@@H]1CCCC[C@@H]1n1cc(-c2ccccc2)nn1)c1ccccc1. The lowest BCUT2D eigenvalue weighted by atomic mass is 9.91. The maximum Gasteiger partial charge on any atom is 0.240 e. The minimum Gasteiger partial charge on any atom is -0.247 e. The molecule has 1 aliphatic carbocycles.